The fraction of sp³-hybridized carbons (Fsp3) is 0.739. The highest BCUT2D eigenvalue weighted by atomic mass is 16.5. The highest BCUT2D eigenvalue weighted by Crippen LogP contribution is 2.30. The molecule has 1 fully saturated rings. The van der Waals surface area contributed by atoms with E-state index in [1.165, 1.54) is 0 Å². The lowest BCUT2D eigenvalue weighted by Crippen LogP contribution is -2.33. The monoisotopic (exact) mass is 392 g/mol. The third-order valence-electron chi connectivity index (χ3n) is 6.02. The quantitative estimate of drug-likeness (QED) is 0.681. The van der Waals surface area contributed by atoms with Gasteiger partial charge in [0, 0.05) is 6.42 Å². The van der Waals surface area contributed by atoms with Crippen molar-refractivity contribution in [3.8, 4) is 0 Å². The molecule has 0 aromatic carbocycles. The van der Waals surface area contributed by atoms with Crippen LogP contribution in [0.25, 0.3) is 0 Å². The number of aliphatic hydroxyl groups is 1. The zero-order valence-corrected chi connectivity index (χ0v) is 17.5. The van der Waals surface area contributed by atoms with E-state index in [-0.39, 0.29) is 36.5 Å². The lowest BCUT2D eigenvalue weighted by Gasteiger charge is -2.31. The van der Waals surface area contributed by atoms with Crippen LogP contribution in [0.15, 0.2) is 24.3 Å². The molecular formula is C23H36O5. The summed E-state index contributed by atoms with van der Waals surface area (Å²) in [5, 5.41) is 9.83. The second-order valence-electron chi connectivity index (χ2n) is 8.40. The summed E-state index contributed by atoms with van der Waals surface area (Å²) in [6.45, 7) is 6.09. The summed E-state index contributed by atoms with van der Waals surface area (Å²) >= 11 is 0. The van der Waals surface area contributed by atoms with Gasteiger partial charge < -0.3 is 14.6 Å². The van der Waals surface area contributed by atoms with E-state index in [1.807, 2.05) is 13.8 Å². The third kappa shape index (κ3) is 7.42. The van der Waals surface area contributed by atoms with E-state index in [4.69, 9.17) is 9.47 Å². The maximum atomic E-state index is 12.3. The molecule has 0 aromatic heterocycles. The van der Waals surface area contributed by atoms with Gasteiger partial charge in [0.2, 0.25) is 0 Å². The molecule has 1 aliphatic heterocycles. The maximum absolute atomic E-state index is 12.3. The normalized spacial score (nSPS) is 34.7. The molecule has 2 aliphatic rings. The Balaban J connectivity index is 2.01. The molecule has 0 unspecified atom stereocenters. The van der Waals surface area contributed by atoms with Crippen molar-refractivity contribution in [1.82, 2.24) is 0 Å². The highest BCUT2D eigenvalue weighted by molar-refractivity contribution is 5.72. The first-order chi connectivity index (χ1) is 13.4. The van der Waals surface area contributed by atoms with Crippen LogP contribution in [0.1, 0.15) is 72.1 Å². The van der Waals surface area contributed by atoms with Crippen molar-refractivity contribution in [2.45, 2.75) is 90.4 Å². The van der Waals surface area contributed by atoms with Gasteiger partial charge in [-0.2, -0.15) is 0 Å². The van der Waals surface area contributed by atoms with Gasteiger partial charge in [0.05, 0.1) is 18.4 Å². The minimum absolute atomic E-state index is 0.0788. The zero-order valence-electron chi connectivity index (χ0n) is 17.5. The summed E-state index contributed by atoms with van der Waals surface area (Å²) in [4.78, 5) is 23.9. The summed E-state index contributed by atoms with van der Waals surface area (Å²) in [5.41, 5.74) is 0. The van der Waals surface area contributed by atoms with Crippen LogP contribution in [-0.2, 0) is 19.1 Å². The van der Waals surface area contributed by atoms with Crippen molar-refractivity contribution in [2.24, 2.45) is 17.8 Å². The highest BCUT2D eigenvalue weighted by Gasteiger charge is 2.30. The summed E-state index contributed by atoms with van der Waals surface area (Å²) in [6, 6.07) is 0. The molecule has 5 heteroatoms. The number of cyclic esters (lactones) is 1. The fourth-order valence-corrected chi connectivity index (χ4v) is 3.90. The van der Waals surface area contributed by atoms with E-state index in [9.17, 15) is 14.7 Å². The molecule has 1 heterocycles. The lowest BCUT2D eigenvalue weighted by atomic mass is 9.82. The van der Waals surface area contributed by atoms with Gasteiger partial charge >= 0.3 is 11.9 Å². The summed E-state index contributed by atoms with van der Waals surface area (Å²) in [6.07, 6.45) is 13.1. The standard InChI is InChI=1S/C23H36O5/c1-4-16(2)23(26)28-20-10-8-6-5-7-9-17(3)18(13-20)11-12-21-14-19(24)15-22(25)27-21/h5-7,9,16-21,24H,4,8,10-15H2,1-3H3/b6-5+,9-7-/t16-,17-,18+,19+,20-,21-/m0/s1. The van der Waals surface area contributed by atoms with Gasteiger partial charge in [-0.3, -0.25) is 9.59 Å². The Hall–Kier alpha value is -1.62. The minimum Gasteiger partial charge on any atom is -0.462 e. The molecular weight excluding hydrogens is 356 g/mol. The second-order valence-corrected chi connectivity index (χ2v) is 8.40. The largest absolute Gasteiger partial charge is 0.462 e. The van der Waals surface area contributed by atoms with Crippen LogP contribution in [0.5, 0.6) is 0 Å². The van der Waals surface area contributed by atoms with Crippen molar-refractivity contribution in [3.63, 3.8) is 0 Å². The molecule has 0 aromatic rings. The fourth-order valence-electron chi connectivity index (χ4n) is 3.90. The first kappa shape index (κ1) is 22.7. The number of allylic oxidation sites excluding steroid dienone is 4. The van der Waals surface area contributed by atoms with Gasteiger partial charge in [0.15, 0.2) is 0 Å². The maximum Gasteiger partial charge on any atom is 0.308 e. The average Bonchev–Trinajstić information content (AvgIpc) is 2.65. The van der Waals surface area contributed by atoms with Gasteiger partial charge in [-0.1, -0.05) is 45.1 Å². The SMILES string of the molecule is CC[C@H](C)C(=O)O[C@H]1CC/C=C/C=C\[C@H](C)[C@H](CC[C@H]2C[C@@H](O)CC(=O)O2)C1. The Morgan fingerprint density at radius 2 is 2.11 bits per heavy atom. The van der Waals surface area contributed by atoms with Gasteiger partial charge in [-0.05, 0) is 50.4 Å². The van der Waals surface area contributed by atoms with E-state index in [2.05, 4.69) is 31.2 Å². The molecule has 0 bridgehead atoms. The number of carbonyl (C=O) groups excluding carboxylic acids is 2. The molecule has 5 nitrogen and oxygen atoms in total. The molecule has 1 N–H and O–H groups in total. The second kappa shape index (κ2) is 11.4. The first-order valence-electron chi connectivity index (χ1n) is 10.8. The predicted molar refractivity (Wildman–Crippen MR) is 108 cm³/mol. The number of ether oxygens (including phenoxy) is 2. The van der Waals surface area contributed by atoms with Crippen molar-refractivity contribution in [1.29, 1.82) is 0 Å². The number of aliphatic hydroxyl groups excluding tert-OH is 1. The summed E-state index contributed by atoms with van der Waals surface area (Å²) in [7, 11) is 0. The van der Waals surface area contributed by atoms with Crippen molar-refractivity contribution in [3.05, 3.63) is 24.3 Å². The van der Waals surface area contributed by atoms with Crippen molar-refractivity contribution >= 4 is 11.9 Å². The first-order valence-corrected chi connectivity index (χ1v) is 10.8. The van der Waals surface area contributed by atoms with E-state index < -0.39 is 6.10 Å². The Kier molecular flexibility index (Phi) is 9.23. The van der Waals surface area contributed by atoms with Gasteiger partial charge in [0.25, 0.3) is 0 Å². The van der Waals surface area contributed by atoms with Gasteiger partial charge in [-0.15, -0.1) is 0 Å². The molecule has 2 rings (SSSR count). The number of hydrogen-bond donors (Lipinski definition) is 1. The average molecular weight is 393 g/mol. The van der Waals surface area contributed by atoms with Crippen molar-refractivity contribution < 1.29 is 24.2 Å². The molecule has 0 spiro atoms. The van der Waals surface area contributed by atoms with Gasteiger partial charge in [-0.25, -0.2) is 0 Å². The van der Waals surface area contributed by atoms with Crippen LogP contribution in [0.2, 0.25) is 0 Å². The molecule has 158 valence electrons. The minimum atomic E-state index is -0.595. The van der Waals surface area contributed by atoms with Crippen LogP contribution in [-0.4, -0.2) is 35.4 Å². The van der Waals surface area contributed by atoms with E-state index in [0.717, 1.165) is 38.5 Å². The summed E-state index contributed by atoms with van der Waals surface area (Å²) < 4.78 is 11.3. The number of rotatable bonds is 6. The van der Waals surface area contributed by atoms with Crippen LogP contribution in [0, 0.1) is 17.8 Å². The Morgan fingerprint density at radius 1 is 1.32 bits per heavy atom. The van der Waals surface area contributed by atoms with Crippen LogP contribution >= 0.6 is 0 Å². The molecule has 0 saturated carbocycles. The molecule has 0 radical (unpaired) electrons. The molecule has 28 heavy (non-hydrogen) atoms. The van der Waals surface area contributed by atoms with Crippen molar-refractivity contribution in [2.75, 3.05) is 0 Å². The topological polar surface area (TPSA) is 72.8 Å². The molecule has 1 aliphatic carbocycles. The van der Waals surface area contributed by atoms with E-state index in [0.29, 0.717) is 18.3 Å². The lowest BCUT2D eigenvalue weighted by molar-refractivity contribution is -0.161. The number of hydrogen-bond acceptors (Lipinski definition) is 5. The molecule has 6 atom stereocenters. The van der Waals surface area contributed by atoms with E-state index in [1.54, 1.807) is 0 Å². The predicted octanol–water partition coefficient (Wildman–Crippen LogP) is 4.34. The van der Waals surface area contributed by atoms with Crippen LogP contribution in [0.4, 0.5) is 0 Å². The smallest absolute Gasteiger partial charge is 0.308 e. The summed E-state index contributed by atoms with van der Waals surface area (Å²) in [5.74, 6) is 0.157. The zero-order chi connectivity index (χ0) is 20.5. The van der Waals surface area contributed by atoms with Crippen LogP contribution < -0.4 is 0 Å². The number of carbonyl (C=O) groups is 2. The van der Waals surface area contributed by atoms with Gasteiger partial charge in [0.1, 0.15) is 12.2 Å². The van der Waals surface area contributed by atoms with Crippen LogP contribution in [0.3, 0.4) is 0 Å². The Labute approximate surface area is 169 Å². The Morgan fingerprint density at radius 3 is 2.82 bits per heavy atom. The van der Waals surface area contributed by atoms with E-state index >= 15 is 0 Å². The third-order valence-corrected chi connectivity index (χ3v) is 6.02. The molecule has 1 saturated heterocycles. The number of esters is 2. The Bertz CT molecular complexity index is 567. The molecule has 0 amide bonds.